The third kappa shape index (κ3) is 3.67. The Morgan fingerprint density at radius 1 is 1.35 bits per heavy atom. The molecule has 0 spiro atoms. The van der Waals surface area contributed by atoms with Gasteiger partial charge in [0.1, 0.15) is 5.82 Å². The summed E-state index contributed by atoms with van der Waals surface area (Å²) in [5, 5.41) is 10.5. The molecule has 1 aliphatic heterocycles. The standard InChI is InChI=1S/C17H26N8O/c1-11-12(2)20-15(17(26)18-8-14-9-19-22-24(14)5)21-16(11)25-7-6-13(10-25)23(3)4/h9,13H,6-8,10H2,1-5H3,(H,18,26)/t13-/m1/s1. The van der Waals surface area contributed by atoms with Crippen LogP contribution >= 0.6 is 0 Å². The fraction of sp³-hybridized carbons (Fsp3) is 0.588. The summed E-state index contributed by atoms with van der Waals surface area (Å²) in [6.07, 6.45) is 2.71. The fourth-order valence-corrected chi connectivity index (χ4v) is 3.10. The van der Waals surface area contributed by atoms with E-state index >= 15 is 0 Å². The Morgan fingerprint density at radius 3 is 2.73 bits per heavy atom. The van der Waals surface area contributed by atoms with Crippen LogP contribution in [-0.2, 0) is 13.6 Å². The Balaban J connectivity index is 1.77. The summed E-state index contributed by atoms with van der Waals surface area (Å²) in [4.78, 5) is 26.0. The van der Waals surface area contributed by atoms with Gasteiger partial charge in [-0.15, -0.1) is 5.10 Å². The maximum absolute atomic E-state index is 12.5. The minimum atomic E-state index is -0.293. The quantitative estimate of drug-likeness (QED) is 0.821. The van der Waals surface area contributed by atoms with Gasteiger partial charge in [-0.2, -0.15) is 0 Å². The van der Waals surface area contributed by atoms with Crippen LogP contribution in [0.1, 0.15) is 34.0 Å². The molecule has 1 fully saturated rings. The Morgan fingerprint density at radius 2 is 2.12 bits per heavy atom. The number of hydrogen-bond donors (Lipinski definition) is 1. The number of aromatic nitrogens is 5. The number of amides is 1. The Bertz CT molecular complexity index is 800. The van der Waals surface area contributed by atoms with Crippen LogP contribution in [0.15, 0.2) is 6.20 Å². The Hall–Kier alpha value is -2.55. The van der Waals surface area contributed by atoms with Crippen molar-refractivity contribution in [1.29, 1.82) is 0 Å². The van der Waals surface area contributed by atoms with Crippen LogP contribution in [0.2, 0.25) is 0 Å². The normalized spacial score (nSPS) is 17.2. The molecule has 9 nitrogen and oxygen atoms in total. The van der Waals surface area contributed by atoms with E-state index in [0.717, 1.165) is 42.3 Å². The molecule has 0 radical (unpaired) electrons. The first-order chi connectivity index (χ1) is 12.4. The van der Waals surface area contributed by atoms with Gasteiger partial charge in [0, 0.05) is 37.4 Å². The van der Waals surface area contributed by atoms with Crippen molar-refractivity contribution >= 4 is 11.7 Å². The number of aryl methyl sites for hydroxylation is 2. The molecule has 1 aliphatic rings. The van der Waals surface area contributed by atoms with E-state index in [-0.39, 0.29) is 11.7 Å². The van der Waals surface area contributed by atoms with Crippen LogP contribution in [-0.4, -0.2) is 69.0 Å². The molecule has 1 N–H and O–H groups in total. The van der Waals surface area contributed by atoms with Crippen molar-refractivity contribution in [3.8, 4) is 0 Å². The van der Waals surface area contributed by atoms with Crippen molar-refractivity contribution in [3.63, 3.8) is 0 Å². The first-order valence-corrected chi connectivity index (χ1v) is 8.75. The van der Waals surface area contributed by atoms with Gasteiger partial charge in [-0.1, -0.05) is 5.21 Å². The lowest BCUT2D eigenvalue weighted by Gasteiger charge is -2.23. The van der Waals surface area contributed by atoms with Crippen molar-refractivity contribution in [2.75, 3.05) is 32.1 Å². The monoisotopic (exact) mass is 358 g/mol. The lowest BCUT2D eigenvalue weighted by atomic mass is 10.2. The van der Waals surface area contributed by atoms with E-state index in [9.17, 15) is 4.79 Å². The second-order valence-corrected chi connectivity index (χ2v) is 6.96. The number of nitrogens with one attached hydrogen (secondary N) is 1. The third-order valence-electron chi connectivity index (χ3n) is 5.00. The first kappa shape index (κ1) is 18.2. The summed E-state index contributed by atoms with van der Waals surface area (Å²) in [6, 6.07) is 0.499. The van der Waals surface area contributed by atoms with E-state index < -0.39 is 0 Å². The molecular formula is C17H26N8O. The number of carbonyl (C=O) groups is 1. The molecule has 1 saturated heterocycles. The van der Waals surface area contributed by atoms with E-state index in [1.54, 1.807) is 17.9 Å². The van der Waals surface area contributed by atoms with Gasteiger partial charge in [0.2, 0.25) is 5.82 Å². The van der Waals surface area contributed by atoms with E-state index in [1.165, 1.54) is 0 Å². The molecule has 1 amide bonds. The fourth-order valence-electron chi connectivity index (χ4n) is 3.10. The zero-order valence-corrected chi connectivity index (χ0v) is 16.0. The second kappa shape index (κ2) is 7.36. The SMILES string of the molecule is Cc1nc(C(=O)NCc2cnnn2C)nc(N2CC[C@@H](N(C)C)C2)c1C. The smallest absolute Gasteiger partial charge is 0.289 e. The summed E-state index contributed by atoms with van der Waals surface area (Å²) in [7, 11) is 5.98. The largest absolute Gasteiger partial charge is 0.355 e. The molecule has 0 unspecified atom stereocenters. The molecule has 0 saturated carbocycles. The average molecular weight is 358 g/mol. The summed E-state index contributed by atoms with van der Waals surface area (Å²) < 4.78 is 1.62. The molecule has 0 bridgehead atoms. The Kier molecular flexibility index (Phi) is 5.17. The van der Waals surface area contributed by atoms with Gasteiger partial charge in [0.25, 0.3) is 5.91 Å². The van der Waals surface area contributed by atoms with Crippen LogP contribution in [0.4, 0.5) is 5.82 Å². The van der Waals surface area contributed by atoms with Gasteiger partial charge in [0.15, 0.2) is 0 Å². The van der Waals surface area contributed by atoms with E-state index in [0.29, 0.717) is 12.6 Å². The topological polar surface area (TPSA) is 92.1 Å². The van der Waals surface area contributed by atoms with Crippen LogP contribution in [0.5, 0.6) is 0 Å². The van der Waals surface area contributed by atoms with E-state index in [2.05, 4.69) is 49.5 Å². The van der Waals surface area contributed by atoms with Gasteiger partial charge in [-0.3, -0.25) is 9.48 Å². The highest BCUT2D eigenvalue weighted by molar-refractivity contribution is 5.90. The maximum Gasteiger partial charge on any atom is 0.289 e. The minimum absolute atomic E-state index is 0.200. The number of likely N-dealkylation sites (N-methyl/N-ethyl adjacent to an activating group) is 1. The Labute approximate surface area is 153 Å². The minimum Gasteiger partial charge on any atom is -0.355 e. The highest BCUT2D eigenvalue weighted by Gasteiger charge is 2.27. The van der Waals surface area contributed by atoms with Crippen molar-refractivity contribution in [2.45, 2.75) is 32.9 Å². The molecule has 3 heterocycles. The average Bonchev–Trinajstić information content (AvgIpc) is 3.24. The van der Waals surface area contributed by atoms with Gasteiger partial charge in [-0.25, -0.2) is 9.97 Å². The first-order valence-electron chi connectivity index (χ1n) is 8.75. The molecule has 140 valence electrons. The number of nitrogens with zero attached hydrogens (tertiary/aromatic N) is 7. The summed E-state index contributed by atoms with van der Waals surface area (Å²) in [6.45, 7) is 6.10. The molecule has 2 aromatic rings. The summed E-state index contributed by atoms with van der Waals surface area (Å²) in [5.74, 6) is 0.764. The number of anilines is 1. The van der Waals surface area contributed by atoms with Crippen LogP contribution < -0.4 is 10.2 Å². The molecule has 3 rings (SSSR count). The molecular weight excluding hydrogens is 332 g/mol. The van der Waals surface area contributed by atoms with Gasteiger partial charge in [0.05, 0.1) is 18.4 Å². The van der Waals surface area contributed by atoms with Crippen molar-refractivity contribution in [1.82, 2.24) is 35.2 Å². The predicted octanol–water partition coefficient (Wildman–Crippen LogP) is 0.292. The zero-order chi connectivity index (χ0) is 18.8. The van der Waals surface area contributed by atoms with Gasteiger partial charge >= 0.3 is 0 Å². The number of rotatable bonds is 5. The molecule has 26 heavy (non-hydrogen) atoms. The number of hydrogen-bond acceptors (Lipinski definition) is 7. The third-order valence-corrected chi connectivity index (χ3v) is 5.00. The van der Waals surface area contributed by atoms with Gasteiger partial charge in [-0.05, 0) is 34.4 Å². The van der Waals surface area contributed by atoms with Crippen LogP contribution in [0.25, 0.3) is 0 Å². The lowest BCUT2D eigenvalue weighted by molar-refractivity contribution is 0.0939. The highest BCUT2D eigenvalue weighted by atomic mass is 16.2. The van der Waals surface area contributed by atoms with Gasteiger partial charge < -0.3 is 15.1 Å². The molecule has 9 heteroatoms. The lowest BCUT2D eigenvalue weighted by Crippen LogP contribution is -2.33. The van der Waals surface area contributed by atoms with E-state index in [1.807, 2.05) is 13.8 Å². The maximum atomic E-state index is 12.5. The highest BCUT2D eigenvalue weighted by Crippen LogP contribution is 2.25. The summed E-state index contributed by atoms with van der Waals surface area (Å²) >= 11 is 0. The molecule has 0 aromatic carbocycles. The second-order valence-electron chi connectivity index (χ2n) is 6.96. The van der Waals surface area contributed by atoms with Crippen LogP contribution in [0.3, 0.4) is 0 Å². The molecule has 1 atom stereocenters. The summed E-state index contributed by atoms with van der Waals surface area (Å²) in [5.41, 5.74) is 2.67. The van der Waals surface area contributed by atoms with Crippen molar-refractivity contribution in [3.05, 3.63) is 29.0 Å². The van der Waals surface area contributed by atoms with Crippen LogP contribution in [0, 0.1) is 13.8 Å². The molecule has 0 aliphatic carbocycles. The van der Waals surface area contributed by atoms with Crippen molar-refractivity contribution in [2.24, 2.45) is 7.05 Å². The van der Waals surface area contributed by atoms with E-state index in [4.69, 9.17) is 0 Å². The predicted molar refractivity (Wildman–Crippen MR) is 98.0 cm³/mol. The number of carbonyl (C=O) groups excluding carboxylic acids is 1. The van der Waals surface area contributed by atoms with Crippen molar-refractivity contribution < 1.29 is 4.79 Å². The zero-order valence-electron chi connectivity index (χ0n) is 16.0. The molecule has 2 aromatic heterocycles.